The second-order valence-corrected chi connectivity index (χ2v) is 7.96. The van der Waals surface area contributed by atoms with Crippen LogP contribution in [-0.2, 0) is 4.57 Å². The molecule has 1 saturated carbocycles. The van der Waals surface area contributed by atoms with Crippen LogP contribution in [0.2, 0.25) is 0 Å². The molecule has 3 nitrogen and oxygen atoms in total. The minimum atomic E-state index is -3.39. The molecule has 1 fully saturated rings. The maximum absolute atomic E-state index is 13.1. The second-order valence-electron chi connectivity index (χ2n) is 5.43. The molecule has 0 aromatic heterocycles. The quantitative estimate of drug-likeness (QED) is 0.815. The van der Waals surface area contributed by atoms with Crippen LogP contribution >= 0.6 is 7.37 Å². The first-order chi connectivity index (χ1) is 9.12. The van der Waals surface area contributed by atoms with Gasteiger partial charge in [0.05, 0.1) is 5.28 Å². The predicted octanol–water partition coefficient (Wildman–Crippen LogP) is 3.24. The van der Waals surface area contributed by atoms with Crippen LogP contribution in [0.4, 0.5) is 0 Å². The van der Waals surface area contributed by atoms with Gasteiger partial charge in [-0.05, 0) is 37.9 Å². The van der Waals surface area contributed by atoms with E-state index in [0.29, 0.717) is 5.30 Å². The Morgan fingerprint density at radius 3 is 2.42 bits per heavy atom. The summed E-state index contributed by atoms with van der Waals surface area (Å²) in [5.41, 5.74) is 0. The molecule has 1 aromatic carbocycles. The van der Waals surface area contributed by atoms with Crippen LogP contribution in [-0.4, -0.2) is 16.7 Å². The molecule has 0 saturated heterocycles. The van der Waals surface area contributed by atoms with E-state index in [-0.39, 0.29) is 0 Å². The highest BCUT2D eigenvalue weighted by Gasteiger charge is 2.48. The molecule has 0 spiro atoms. The average molecular weight is 281 g/mol. The standard InChI is InChI=1S/C15H24NO2P/c1-2-13-16-15(11-7-4-8-12-15)19(17,18)14-9-5-3-6-10-14/h3,5-6,9-10,16H,2,4,7-8,11-13H2,1H3,(H,17,18). The molecule has 4 heteroatoms. The number of hydrogen-bond donors (Lipinski definition) is 2. The van der Waals surface area contributed by atoms with E-state index < -0.39 is 12.6 Å². The Hall–Kier alpha value is -0.630. The van der Waals surface area contributed by atoms with Crippen LogP contribution in [0.25, 0.3) is 0 Å². The van der Waals surface area contributed by atoms with Crippen LogP contribution < -0.4 is 10.6 Å². The summed E-state index contributed by atoms with van der Waals surface area (Å²) in [6.45, 7) is 2.89. The van der Waals surface area contributed by atoms with Gasteiger partial charge in [0.2, 0.25) is 7.37 Å². The summed E-state index contributed by atoms with van der Waals surface area (Å²) in [5, 5.41) is 3.39. The Bertz CT molecular complexity index is 441. The maximum atomic E-state index is 13.1. The lowest BCUT2D eigenvalue weighted by molar-refractivity contribution is 0.293. The van der Waals surface area contributed by atoms with E-state index in [0.717, 1.165) is 38.6 Å². The number of nitrogens with one attached hydrogen (secondary N) is 1. The first kappa shape index (κ1) is 14.8. The Kier molecular flexibility index (Phi) is 4.83. The fourth-order valence-electron chi connectivity index (χ4n) is 2.96. The second kappa shape index (κ2) is 6.21. The van der Waals surface area contributed by atoms with E-state index in [1.165, 1.54) is 6.42 Å². The van der Waals surface area contributed by atoms with Gasteiger partial charge in [-0.2, -0.15) is 0 Å². The normalized spacial score (nSPS) is 21.8. The van der Waals surface area contributed by atoms with Gasteiger partial charge in [0.1, 0.15) is 0 Å². The lowest BCUT2D eigenvalue weighted by Crippen LogP contribution is -2.48. The summed E-state index contributed by atoms with van der Waals surface area (Å²) in [6, 6.07) is 9.13. The van der Waals surface area contributed by atoms with Crippen LogP contribution in [0.3, 0.4) is 0 Å². The van der Waals surface area contributed by atoms with E-state index in [1.807, 2.05) is 18.2 Å². The molecule has 0 bridgehead atoms. The number of hydrogen-bond acceptors (Lipinski definition) is 2. The predicted molar refractivity (Wildman–Crippen MR) is 80.0 cm³/mol. The molecule has 0 amide bonds. The third kappa shape index (κ3) is 2.94. The highest BCUT2D eigenvalue weighted by Crippen LogP contribution is 2.58. The molecule has 1 unspecified atom stereocenters. The van der Waals surface area contributed by atoms with Gasteiger partial charge in [-0.1, -0.05) is 44.4 Å². The van der Waals surface area contributed by atoms with Crippen molar-refractivity contribution in [3.63, 3.8) is 0 Å². The summed E-state index contributed by atoms with van der Waals surface area (Å²) in [5.74, 6) is 0. The summed E-state index contributed by atoms with van der Waals surface area (Å²) >= 11 is 0. The fraction of sp³-hybridized carbons (Fsp3) is 0.600. The van der Waals surface area contributed by atoms with Gasteiger partial charge in [-0.15, -0.1) is 0 Å². The Morgan fingerprint density at radius 2 is 1.84 bits per heavy atom. The highest BCUT2D eigenvalue weighted by molar-refractivity contribution is 7.67. The van der Waals surface area contributed by atoms with Crippen molar-refractivity contribution in [2.75, 3.05) is 6.54 Å². The Labute approximate surface area is 115 Å². The average Bonchev–Trinajstić information content (AvgIpc) is 2.47. The van der Waals surface area contributed by atoms with Crippen molar-refractivity contribution in [3.05, 3.63) is 30.3 Å². The zero-order valence-corrected chi connectivity index (χ0v) is 12.5. The van der Waals surface area contributed by atoms with E-state index in [2.05, 4.69) is 12.2 Å². The zero-order chi connectivity index (χ0) is 13.8. The molecule has 1 aliphatic rings. The van der Waals surface area contributed by atoms with Crippen molar-refractivity contribution in [2.45, 2.75) is 50.7 Å². The summed E-state index contributed by atoms with van der Waals surface area (Å²) in [7, 11) is -3.39. The molecule has 1 atom stereocenters. The van der Waals surface area contributed by atoms with Crippen LogP contribution in [0.15, 0.2) is 30.3 Å². The van der Waals surface area contributed by atoms with Crippen LogP contribution in [0, 0.1) is 0 Å². The van der Waals surface area contributed by atoms with Crippen molar-refractivity contribution >= 4 is 12.7 Å². The minimum absolute atomic E-state index is 0.584. The van der Waals surface area contributed by atoms with Gasteiger partial charge in [-0.3, -0.25) is 4.57 Å². The van der Waals surface area contributed by atoms with Gasteiger partial charge in [0.15, 0.2) is 0 Å². The van der Waals surface area contributed by atoms with E-state index in [1.54, 1.807) is 12.1 Å². The maximum Gasteiger partial charge on any atom is 0.249 e. The molecule has 1 aromatic rings. The SMILES string of the molecule is CCCNC1(P(=O)(O)c2ccccc2)CCCCC1. The van der Waals surface area contributed by atoms with Crippen LogP contribution in [0.5, 0.6) is 0 Å². The molecule has 1 aliphatic carbocycles. The van der Waals surface area contributed by atoms with Crippen LogP contribution in [0.1, 0.15) is 45.4 Å². The summed E-state index contributed by atoms with van der Waals surface area (Å²) in [6.07, 6.45) is 5.83. The Balaban J connectivity index is 2.33. The zero-order valence-electron chi connectivity index (χ0n) is 11.6. The van der Waals surface area contributed by atoms with Gasteiger partial charge in [0.25, 0.3) is 0 Å². The molecule has 19 heavy (non-hydrogen) atoms. The minimum Gasteiger partial charge on any atom is -0.340 e. The largest absolute Gasteiger partial charge is 0.340 e. The molecular weight excluding hydrogens is 257 g/mol. The van der Waals surface area contributed by atoms with Gasteiger partial charge < -0.3 is 10.2 Å². The van der Waals surface area contributed by atoms with Gasteiger partial charge >= 0.3 is 0 Å². The van der Waals surface area contributed by atoms with E-state index >= 15 is 0 Å². The topological polar surface area (TPSA) is 49.3 Å². The van der Waals surface area contributed by atoms with Crippen molar-refractivity contribution in [1.82, 2.24) is 5.32 Å². The highest BCUT2D eigenvalue weighted by atomic mass is 31.2. The first-order valence-corrected chi connectivity index (χ1v) is 8.92. The molecule has 2 N–H and O–H groups in total. The Morgan fingerprint density at radius 1 is 1.21 bits per heavy atom. The lowest BCUT2D eigenvalue weighted by atomic mass is 9.94. The molecule has 0 heterocycles. The molecule has 0 aliphatic heterocycles. The van der Waals surface area contributed by atoms with Crippen molar-refractivity contribution in [3.8, 4) is 0 Å². The van der Waals surface area contributed by atoms with Crippen molar-refractivity contribution in [2.24, 2.45) is 0 Å². The molecule has 106 valence electrons. The molecule has 0 radical (unpaired) electrons. The number of benzene rings is 1. The third-order valence-corrected chi connectivity index (χ3v) is 6.83. The van der Waals surface area contributed by atoms with Gasteiger partial charge in [0, 0.05) is 5.30 Å². The fourth-order valence-corrected chi connectivity index (χ4v) is 5.28. The lowest BCUT2D eigenvalue weighted by Gasteiger charge is -2.41. The van der Waals surface area contributed by atoms with Crippen molar-refractivity contribution < 1.29 is 9.46 Å². The first-order valence-electron chi connectivity index (χ1n) is 7.26. The monoisotopic (exact) mass is 281 g/mol. The summed E-state index contributed by atoms with van der Waals surface area (Å²) < 4.78 is 13.1. The molecule has 2 rings (SSSR count). The van der Waals surface area contributed by atoms with Gasteiger partial charge in [-0.25, -0.2) is 0 Å². The third-order valence-electron chi connectivity index (χ3n) is 4.07. The summed E-state index contributed by atoms with van der Waals surface area (Å²) in [4.78, 5) is 10.8. The smallest absolute Gasteiger partial charge is 0.249 e. The number of rotatable bonds is 5. The molecular formula is C15H24NO2P. The van der Waals surface area contributed by atoms with E-state index in [4.69, 9.17) is 0 Å². The van der Waals surface area contributed by atoms with E-state index in [9.17, 15) is 9.46 Å². The van der Waals surface area contributed by atoms with Crippen molar-refractivity contribution in [1.29, 1.82) is 0 Å².